The van der Waals surface area contributed by atoms with Crippen LogP contribution in [0.4, 0.5) is 5.69 Å². The van der Waals surface area contributed by atoms with Crippen LogP contribution in [0, 0.1) is 5.92 Å². The van der Waals surface area contributed by atoms with Crippen LogP contribution >= 0.6 is 11.6 Å². The zero-order valence-electron chi connectivity index (χ0n) is 14.3. The second kappa shape index (κ2) is 7.23. The average molecular weight is 362 g/mol. The van der Waals surface area contributed by atoms with Crippen molar-refractivity contribution in [1.82, 2.24) is 0 Å². The number of anilines is 1. The summed E-state index contributed by atoms with van der Waals surface area (Å²) in [5.41, 5.74) is 1.69. The van der Waals surface area contributed by atoms with Gasteiger partial charge in [-0.3, -0.25) is 4.79 Å². The first-order valence-corrected chi connectivity index (χ1v) is 8.31. The Labute approximate surface area is 151 Å². The van der Waals surface area contributed by atoms with Gasteiger partial charge in [0.2, 0.25) is 5.91 Å². The summed E-state index contributed by atoms with van der Waals surface area (Å²) in [6, 6.07) is 11.1. The average Bonchev–Trinajstić information content (AvgIpc) is 3.43. The first-order valence-electron chi connectivity index (χ1n) is 7.93. The van der Waals surface area contributed by atoms with E-state index in [0.29, 0.717) is 22.2 Å². The van der Waals surface area contributed by atoms with E-state index in [2.05, 4.69) is 5.32 Å². The number of carbonyl (C=O) groups excluding carboxylic acids is 1. The third-order valence-electron chi connectivity index (χ3n) is 4.40. The molecule has 2 aromatic carbocycles. The summed E-state index contributed by atoms with van der Waals surface area (Å²) in [4.78, 5) is 12.6. The number of halogens is 1. The molecular weight excluding hydrogens is 342 g/mol. The van der Waals surface area contributed by atoms with Crippen molar-refractivity contribution in [3.05, 3.63) is 47.0 Å². The van der Waals surface area contributed by atoms with Crippen LogP contribution < -0.4 is 19.5 Å². The zero-order chi connectivity index (χ0) is 18.0. The Balaban J connectivity index is 1.71. The van der Waals surface area contributed by atoms with E-state index in [9.17, 15) is 4.79 Å². The Morgan fingerprint density at radius 2 is 1.72 bits per heavy atom. The molecule has 1 aliphatic carbocycles. The minimum absolute atomic E-state index is 0.0384. The highest BCUT2D eigenvalue weighted by Crippen LogP contribution is 2.48. The summed E-state index contributed by atoms with van der Waals surface area (Å²) in [5.74, 6) is 1.93. The molecule has 0 aromatic heterocycles. The Morgan fingerprint density at radius 3 is 2.32 bits per heavy atom. The standard InChI is InChI=1S/C19H20ClNO4/c1-23-12-6-4-11(5-7-12)13-8-14(13)19(22)21-16-10-17(24-2)15(20)9-18(16)25-3/h4-7,9-10,13-14H,8H2,1-3H3,(H,21,22). The normalized spacial score (nSPS) is 18.4. The molecule has 1 amide bonds. The quantitative estimate of drug-likeness (QED) is 0.841. The maximum absolute atomic E-state index is 12.6. The van der Waals surface area contributed by atoms with Crippen molar-refractivity contribution in [2.24, 2.45) is 5.92 Å². The molecule has 0 saturated heterocycles. The second-order valence-electron chi connectivity index (χ2n) is 5.90. The highest BCUT2D eigenvalue weighted by atomic mass is 35.5. The topological polar surface area (TPSA) is 56.8 Å². The lowest BCUT2D eigenvalue weighted by atomic mass is 10.1. The molecule has 25 heavy (non-hydrogen) atoms. The summed E-state index contributed by atoms with van der Waals surface area (Å²) in [6.07, 6.45) is 0.825. The molecule has 1 N–H and O–H groups in total. The van der Waals surface area contributed by atoms with Crippen LogP contribution in [0.15, 0.2) is 36.4 Å². The summed E-state index contributed by atoms with van der Waals surface area (Å²) >= 11 is 6.09. The molecule has 0 heterocycles. The molecule has 0 bridgehead atoms. The van der Waals surface area contributed by atoms with Crippen LogP contribution in [0.1, 0.15) is 17.9 Å². The van der Waals surface area contributed by atoms with Crippen LogP contribution in [0.5, 0.6) is 17.2 Å². The van der Waals surface area contributed by atoms with E-state index >= 15 is 0 Å². The lowest BCUT2D eigenvalue weighted by molar-refractivity contribution is -0.117. The molecular formula is C19H20ClNO4. The summed E-state index contributed by atoms with van der Waals surface area (Å²) < 4.78 is 15.7. The van der Waals surface area contributed by atoms with Crippen molar-refractivity contribution in [3.8, 4) is 17.2 Å². The fourth-order valence-corrected chi connectivity index (χ4v) is 3.12. The number of nitrogens with one attached hydrogen (secondary N) is 1. The zero-order valence-corrected chi connectivity index (χ0v) is 15.1. The Bertz CT molecular complexity index is 776. The molecule has 2 aromatic rings. The van der Waals surface area contributed by atoms with E-state index in [0.717, 1.165) is 17.7 Å². The summed E-state index contributed by atoms with van der Waals surface area (Å²) in [6.45, 7) is 0. The lowest BCUT2D eigenvalue weighted by Gasteiger charge is -2.13. The van der Waals surface area contributed by atoms with Gasteiger partial charge >= 0.3 is 0 Å². The second-order valence-corrected chi connectivity index (χ2v) is 6.31. The Morgan fingerprint density at radius 1 is 1.04 bits per heavy atom. The third-order valence-corrected chi connectivity index (χ3v) is 4.70. The SMILES string of the molecule is COc1ccc(C2CC2C(=O)Nc2cc(OC)c(Cl)cc2OC)cc1. The van der Waals surface area contributed by atoms with Crippen molar-refractivity contribution in [1.29, 1.82) is 0 Å². The number of ether oxygens (including phenoxy) is 3. The predicted octanol–water partition coefficient (Wildman–Crippen LogP) is 4.11. The van der Waals surface area contributed by atoms with E-state index in [4.69, 9.17) is 25.8 Å². The highest BCUT2D eigenvalue weighted by molar-refractivity contribution is 6.32. The molecule has 0 aliphatic heterocycles. The number of carbonyl (C=O) groups is 1. The first kappa shape index (κ1) is 17.4. The van der Waals surface area contributed by atoms with Gasteiger partial charge in [-0.2, -0.15) is 0 Å². The van der Waals surface area contributed by atoms with Gasteiger partial charge < -0.3 is 19.5 Å². The highest BCUT2D eigenvalue weighted by Gasteiger charge is 2.44. The van der Waals surface area contributed by atoms with E-state index in [-0.39, 0.29) is 17.7 Å². The van der Waals surface area contributed by atoms with Gasteiger partial charge in [-0.25, -0.2) is 0 Å². The van der Waals surface area contributed by atoms with Crippen LogP contribution in [-0.4, -0.2) is 27.2 Å². The number of amides is 1. The van der Waals surface area contributed by atoms with E-state index in [1.165, 1.54) is 14.2 Å². The maximum atomic E-state index is 12.6. The van der Waals surface area contributed by atoms with Gasteiger partial charge in [-0.1, -0.05) is 23.7 Å². The molecule has 1 aliphatic rings. The van der Waals surface area contributed by atoms with Gasteiger partial charge in [0.15, 0.2) is 0 Å². The molecule has 6 heteroatoms. The van der Waals surface area contributed by atoms with Crippen LogP contribution in [0.3, 0.4) is 0 Å². The Kier molecular flexibility index (Phi) is 5.04. The van der Waals surface area contributed by atoms with Crippen molar-refractivity contribution in [2.45, 2.75) is 12.3 Å². The van der Waals surface area contributed by atoms with Crippen molar-refractivity contribution in [2.75, 3.05) is 26.6 Å². The summed E-state index contributed by atoms with van der Waals surface area (Å²) in [7, 11) is 4.70. The predicted molar refractivity (Wildman–Crippen MR) is 97.0 cm³/mol. The fraction of sp³-hybridized carbons (Fsp3) is 0.316. The lowest BCUT2D eigenvalue weighted by Crippen LogP contribution is -2.15. The number of hydrogen-bond donors (Lipinski definition) is 1. The van der Waals surface area contributed by atoms with Crippen molar-refractivity contribution >= 4 is 23.2 Å². The number of hydrogen-bond acceptors (Lipinski definition) is 4. The number of benzene rings is 2. The van der Waals surface area contributed by atoms with E-state index in [1.807, 2.05) is 24.3 Å². The van der Waals surface area contributed by atoms with Crippen LogP contribution in [0.2, 0.25) is 5.02 Å². The minimum Gasteiger partial charge on any atom is -0.497 e. The molecule has 1 fully saturated rings. The van der Waals surface area contributed by atoms with Crippen LogP contribution in [-0.2, 0) is 4.79 Å². The van der Waals surface area contributed by atoms with Crippen LogP contribution in [0.25, 0.3) is 0 Å². The summed E-state index contributed by atoms with van der Waals surface area (Å²) in [5, 5.41) is 3.35. The molecule has 2 unspecified atom stereocenters. The van der Waals surface area contributed by atoms with Gasteiger partial charge in [0.1, 0.15) is 17.2 Å². The minimum atomic E-state index is -0.0558. The first-order chi connectivity index (χ1) is 12.1. The molecule has 5 nitrogen and oxygen atoms in total. The number of methoxy groups -OCH3 is 3. The monoisotopic (exact) mass is 361 g/mol. The van der Waals surface area contributed by atoms with E-state index < -0.39 is 0 Å². The fourth-order valence-electron chi connectivity index (χ4n) is 2.89. The van der Waals surface area contributed by atoms with Crippen molar-refractivity contribution < 1.29 is 19.0 Å². The third kappa shape index (κ3) is 3.66. The van der Waals surface area contributed by atoms with E-state index in [1.54, 1.807) is 19.2 Å². The van der Waals surface area contributed by atoms with Gasteiger partial charge in [0, 0.05) is 18.1 Å². The Hall–Kier alpha value is -2.40. The molecule has 1 saturated carbocycles. The van der Waals surface area contributed by atoms with Crippen molar-refractivity contribution in [3.63, 3.8) is 0 Å². The number of rotatable bonds is 6. The molecule has 2 atom stereocenters. The van der Waals surface area contributed by atoms with Gasteiger partial charge in [-0.15, -0.1) is 0 Å². The van der Waals surface area contributed by atoms with Gasteiger partial charge in [0.05, 0.1) is 32.0 Å². The maximum Gasteiger partial charge on any atom is 0.228 e. The molecule has 3 rings (SSSR count). The molecule has 0 radical (unpaired) electrons. The van der Waals surface area contributed by atoms with Gasteiger partial charge in [0.25, 0.3) is 0 Å². The molecule has 0 spiro atoms. The van der Waals surface area contributed by atoms with Gasteiger partial charge in [-0.05, 0) is 30.0 Å². The molecule has 132 valence electrons. The smallest absolute Gasteiger partial charge is 0.228 e. The largest absolute Gasteiger partial charge is 0.497 e.